The fourth-order valence-electron chi connectivity index (χ4n) is 2.20. The molecule has 4 nitrogen and oxygen atoms in total. The van der Waals surface area contributed by atoms with E-state index in [1.54, 1.807) is 12.5 Å². The average Bonchev–Trinajstić information content (AvgIpc) is 2.31. The predicted octanol–water partition coefficient (Wildman–Crippen LogP) is 1.76. The Labute approximate surface area is 97.1 Å². The van der Waals surface area contributed by atoms with Gasteiger partial charge in [0.2, 0.25) is 0 Å². The number of piperidine rings is 1. The number of likely N-dealkylation sites (tertiary alicyclic amines) is 1. The molecule has 0 bridgehead atoms. The zero-order valence-corrected chi connectivity index (χ0v) is 9.89. The first-order chi connectivity index (χ1) is 7.84. The summed E-state index contributed by atoms with van der Waals surface area (Å²) in [5, 5.41) is 3.40. The van der Waals surface area contributed by atoms with Gasteiger partial charge < -0.3 is 10.2 Å². The summed E-state index contributed by atoms with van der Waals surface area (Å²) >= 11 is 0. The van der Waals surface area contributed by atoms with Crippen molar-refractivity contribution in [1.82, 2.24) is 14.9 Å². The minimum atomic E-state index is 0.438. The van der Waals surface area contributed by atoms with E-state index in [9.17, 15) is 0 Å². The topological polar surface area (TPSA) is 41.0 Å². The third-order valence-corrected chi connectivity index (χ3v) is 2.96. The summed E-state index contributed by atoms with van der Waals surface area (Å²) < 4.78 is 0. The lowest BCUT2D eigenvalue weighted by molar-refractivity contribution is 0.223. The molecule has 0 radical (unpaired) electrons. The Hall–Kier alpha value is -1.16. The molecule has 88 valence electrons. The highest BCUT2D eigenvalue weighted by Gasteiger charge is 2.13. The molecule has 1 N–H and O–H groups in total. The van der Waals surface area contributed by atoms with Crippen molar-refractivity contribution >= 4 is 5.82 Å². The first kappa shape index (κ1) is 11.3. The number of anilines is 1. The van der Waals surface area contributed by atoms with Gasteiger partial charge in [-0.05, 0) is 38.9 Å². The molecular formula is C12H20N4. The standard InChI is InChI=1S/C12H20N4/c1-11(9-16-7-3-2-4-8-16)15-12-5-6-13-10-14-12/h5-6,10-11H,2-4,7-9H2,1H3,(H,13,14,15). The van der Waals surface area contributed by atoms with Crippen molar-refractivity contribution in [1.29, 1.82) is 0 Å². The minimum absolute atomic E-state index is 0.438. The van der Waals surface area contributed by atoms with Crippen molar-refractivity contribution in [3.8, 4) is 0 Å². The van der Waals surface area contributed by atoms with Crippen molar-refractivity contribution < 1.29 is 0 Å². The van der Waals surface area contributed by atoms with E-state index in [1.807, 2.05) is 6.07 Å². The molecule has 0 spiro atoms. The van der Waals surface area contributed by atoms with Crippen LogP contribution in [0.1, 0.15) is 26.2 Å². The molecule has 2 heterocycles. The largest absolute Gasteiger partial charge is 0.366 e. The van der Waals surface area contributed by atoms with Crippen molar-refractivity contribution in [3.05, 3.63) is 18.6 Å². The van der Waals surface area contributed by atoms with E-state index in [4.69, 9.17) is 0 Å². The van der Waals surface area contributed by atoms with Crippen molar-refractivity contribution in [2.24, 2.45) is 0 Å². The summed E-state index contributed by atoms with van der Waals surface area (Å²) in [6, 6.07) is 2.35. The second-order valence-electron chi connectivity index (χ2n) is 4.50. The lowest BCUT2D eigenvalue weighted by Crippen LogP contribution is -2.38. The molecule has 0 amide bonds. The smallest absolute Gasteiger partial charge is 0.129 e. The number of rotatable bonds is 4. The van der Waals surface area contributed by atoms with E-state index < -0.39 is 0 Å². The first-order valence-electron chi connectivity index (χ1n) is 6.09. The maximum absolute atomic E-state index is 4.17. The Balaban J connectivity index is 1.77. The third-order valence-electron chi connectivity index (χ3n) is 2.96. The van der Waals surface area contributed by atoms with Crippen molar-refractivity contribution in [3.63, 3.8) is 0 Å². The Morgan fingerprint density at radius 3 is 2.88 bits per heavy atom. The third kappa shape index (κ3) is 3.45. The van der Waals surface area contributed by atoms with Crippen molar-refractivity contribution in [2.75, 3.05) is 25.0 Å². The number of hydrogen-bond acceptors (Lipinski definition) is 4. The highest BCUT2D eigenvalue weighted by Crippen LogP contribution is 2.10. The van der Waals surface area contributed by atoms with Crippen LogP contribution in [0, 0.1) is 0 Å². The zero-order chi connectivity index (χ0) is 11.2. The average molecular weight is 220 g/mol. The van der Waals surface area contributed by atoms with Crippen molar-refractivity contribution in [2.45, 2.75) is 32.2 Å². The van der Waals surface area contributed by atoms with Gasteiger partial charge in [0.05, 0.1) is 0 Å². The molecule has 1 aromatic rings. The van der Waals surface area contributed by atoms with Crippen LogP contribution in [0.5, 0.6) is 0 Å². The number of nitrogens with zero attached hydrogens (tertiary/aromatic N) is 3. The van der Waals surface area contributed by atoms with Gasteiger partial charge in [0.1, 0.15) is 12.1 Å². The molecule has 1 unspecified atom stereocenters. The molecule has 2 rings (SSSR count). The molecule has 1 aliphatic rings. The Bertz CT molecular complexity index is 295. The van der Waals surface area contributed by atoms with Crippen LogP contribution in [0.3, 0.4) is 0 Å². The number of nitrogens with one attached hydrogen (secondary N) is 1. The monoisotopic (exact) mass is 220 g/mol. The maximum Gasteiger partial charge on any atom is 0.129 e. The molecule has 1 aliphatic heterocycles. The molecule has 16 heavy (non-hydrogen) atoms. The molecule has 0 saturated carbocycles. The quantitative estimate of drug-likeness (QED) is 0.839. The Kier molecular flexibility index (Phi) is 4.10. The van der Waals surface area contributed by atoms with Gasteiger partial charge in [-0.25, -0.2) is 9.97 Å². The second-order valence-corrected chi connectivity index (χ2v) is 4.50. The first-order valence-corrected chi connectivity index (χ1v) is 6.09. The number of aromatic nitrogens is 2. The summed E-state index contributed by atoms with van der Waals surface area (Å²) in [6.07, 6.45) is 7.43. The van der Waals surface area contributed by atoms with Crippen LogP contribution in [0.4, 0.5) is 5.82 Å². The highest BCUT2D eigenvalue weighted by molar-refractivity contribution is 5.32. The predicted molar refractivity (Wildman–Crippen MR) is 65.4 cm³/mol. The molecule has 1 atom stereocenters. The van der Waals surface area contributed by atoms with Gasteiger partial charge in [-0.2, -0.15) is 0 Å². The van der Waals surface area contributed by atoms with E-state index in [0.717, 1.165) is 12.4 Å². The molecular weight excluding hydrogens is 200 g/mol. The van der Waals surface area contributed by atoms with Crippen LogP contribution in [0.2, 0.25) is 0 Å². The van der Waals surface area contributed by atoms with Gasteiger partial charge in [-0.15, -0.1) is 0 Å². The highest BCUT2D eigenvalue weighted by atomic mass is 15.2. The van der Waals surface area contributed by atoms with E-state index in [-0.39, 0.29) is 0 Å². The van der Waals surface area contributed by atoms with Crippen LogP contribution in [-0.4, -0.2) is 40.5 Å². The van der Waals surface area contributed by atoms with Crippen LogP contribution in [0.15, 0.2) is 18.6 Å². The van der Waals surface area contributed by atoms with Crippen LogP contribution < -0.4 is 5.32 Å². The molecule has 0 aliphatic carbocycles. The van der Waals surface area contributed by atoms with Gasteiger partial charge in [-0.1, -0.05) is 6.42 Å². The van der Waals surface area contributed by atoms with Crippen LogP contribution in [-0.2, 0) is 0 Å². The summed E-state index contributed by atoms with van der Waals surface area (Å²) in [6.45, 7) is 5.80. The second kappa shape index (κ2) is 5.80. The summed E-state index contributed by atoms with van der Waals surface area (Å²) in [5.74, 6) is 0.916. The van der Waals surface area contributed by atoms with Gasteiger partial charge >= 0.3 is 0 Å². The minimum Gasteiger partial charge on any atom is -0.366 e. The molecule has 1 fully saturated rings. The molecule has 1 saturated heterocycles. The fourth-order valence-corrected chi connectivity index (χ4v) is 2.20. The normalized spacial score (nSPS) is 19.3. The lowest BCUT2D eigenvalue weighted by Gasteiger charge is -2.29. The molecule has 1 aromatic heterocycles. The summed E-state index contributed by atoms with van der Waals surface area (Å²) in [7, 11) is 0. The Morgan fingerprint density at radius 1 is 1.38 bits per heavy atom. The van der Waals surface area contributed by atoms with E-state index >= 15 is 0 Å². The van der Waals surface area contributed by atoms with Gasteiger partial charge in [0, 0.05) is 18.8 Å². The van der Waals surface area contributed by atoms with E-state index in [0.29, 0.717) is 6.04 Å². The maximum atomic E-state index is 4.17. The number of hydrogen-bond donors (Lipinski definition) is 1. The van der Waals surface area contributed by atoms with Gasteiger partial charge in [-0.3, -0.25) is 0 Å². The van der Waals surface area contributed by atoms with Gasteiger partial charge in [0.15, 0.2) is 0 Å². The summed E-state index contributed by atoms with van der Waals surface area (Å²) in [4.78, 5) is 10.6. The summed E-state index contributed by atoms with van der Waals surface area (Å²) in [5.41, 5.74) is 0. The van der Waals surface area contributed by atoms with Gasteiger partial charge in [0.25, 0.3) is 0 Å². The molecule has 4 heteroatoms. The van der Waals surface area contributed by atoms with Crippen LogP contribution >= 0.6 is 0 Å². The lowest BCUT2D eigenvalue weighted by atomic mass is 10.1. The Morgan fingerprint density at radius 2 is 2.19 bits per heavy atom. The molecule has 0 aromatic carbocycles. The zero-order valence-electron chi connectivity index (χ0n) is 9.89. The van der Waals surface area contributed by atoms with E-state index in [1.165, 1.54) is 32.4 Å². The fraction of sp³-hybridized carbons (Fsp3) is 0.667. The SMILES string of the molecule is CC(CN1CCCCC1)Nc1ccncn1. The van der Waals surface area contributed by atoms with E-state index in [2.05, 4.69) is 27.1 Å². The van der Waals surface area contributed by atoms with Crippen LogP contribution in [0.25, 0.3) is 0 Å².